The van der Waals surface area contributed by atoms with Gasteiger partial charge >= 0.3 is 12.1 Å². The van der Waals surface area contributed by atoms with Crippen LogP contribution < -0.4 is 4.90 Å². The summed E-state index contributed by atoms with van der Waals surface area (Å²) in [5, 5.41) is 0. The Labute approximate surface area is 162 Å². The lowest BCUT2D eigenvalue weighted by atomic mass is 9.63. The Morgan fingerprint density at radius 2 is 1.52 bits per heavy atom. The first-order chi connectivity index (χ1) is 13.7. The third-order valence-corrected chi connectivity index (χ3v) is 6.66. The molecule has 6 rings (SSSR count). The molecule has 2 saturated carbocycles. The van der Waals surface area contributed by atoms with Gasteiger partial charge in [-0.2, -0.15) is 13.2 Å². The number of carbonyl (C=O) groups excluding carboxylic acids is 3. The summed E-state index contributed by atoms with van der Waals surface area (Å²) in [5.74, 6) is -4.56. The van der Waals surface area contributed by atoms with Gasteiger partial charge in [-0.1, -0.05) is 12.2 Å². The van der Waals surface area contributed by atoms with Gasteiger partial charge in [-0.3, -0.25) is 24.2 Å². The smallest absolute Gasteiger partial charge is 0.286 e. The fourth-order valence-corrected chi connectivity index (χ4v) is 5.34. The van der Waals surface area contributed by atoms with Crippen molar-refractivity contribution in [3.05, 3.63) is 42.2 Å². The van der Waals surface area contributed by atoms with E-state index < -0.39 is 48.2 Å². The minimum Gasteiger partial charge on any atom is -0.286 e. The van der Waals surface area contributed by atoms with Crippen LogP contribution in [-0.4, -0.2) is 35.5 Å². The zero-order valence-electron chi connectivity index (χ0n) is 15.0. The molecule has 1 aromatic carbocycles. The van der Waals surface area contributed by atoms with Crippen LogP contribution in [0.15, 0.2) is 36.4 Å². The highest BCUT2D eigenvalue weighted by Gasteiger charge is 2.67. The molecule has 152 valence electrons. The zero-order valence-corrected chi connectivity index (χ0v) is 15.0. The van der Waals surface area contributed by atoms with Crippen molar-refractivity contribution in [2.24, 2.45) is 35.5 Å². The molecule has 0 radical (unpaired) electrons. The number of allylic oxidation sites excluding steroid dienone is 2. The highest BCUT2D eigenvalue weighted by molar-refractivity contribution is 6.07. The van der Waals surface area contributed by atoms with Gasteiger partial charge in [0.25, 0.3) is 0 Å². The van der Waals surface area contributed by atoms with Gasteiger partial charge in [0.15, 0.2) is 0 Å². The minimum atomic E-state index is -5.21. The molecule has 5 aliphatic rings. The molecule has 1 heterocycles. The van der Waals surface area contributed by atoms with Crippen LogP contribution in [-0.2, 0) is 14.4 Å². The molecule has 0 unspecified atom stereocenters. The van der Waals surface area contributed by atoms with Crippen LogP contribution in [0.25, 0.3) is 0 Å². The number of imide groups is 1. The number of hydrogen-bond donors (Lipinski definition) is 0. The van der Waals surface area contributed by atoms with Crippen LogP contribution >= 0.6 is 0 Å². The molecule has 3 amide bonds. The summed E-state index contributed by atoms with van der Waals surface area (Å²) < 4.78 is 52.7. The molecule has 3 fully saturated rings. The molecule has 0 aromatic heterocycles. The molecular weight excluding hydrogens is 392 g/mol. The number of amides is 3. The van der Waals surface area contributed by atoms with E-state index in [0.717, 1.165) is 35.6 Å². The molecule has 1 aliphatic heterocycles. The van der Waals surface area contributed by atoms with E-state index >= 15 is 0 Å². The first kappa shape index (κ1) is 18.3. The van der Waals surface area contributed by atoms with Crippen LogP contribution in [0.4, 0.5) is 23.2 Å². The average Bonchev–Trinajstić information content (AvgIpc) is 3.46. The maximum absolute atomic E-state index is 13.2. The van der Waals surface area contributed by atoms with Crippen molar-refractivity contribution < 1.29 is 31.9 Å². The molecule has 0 spiro atoms. The van der Waals surface area contributed by atoms with Gasteiger partial charge in [0, 0.05) is 5.69 Å². The van der Waals surface area contributed by atoms with Gasteiger partial charge in [-0.15, -0.1) is 0 Å². The van der Waals surface area contributed by atoms with E-state index in [1.54, 1.807) is 0 Å². The Bertz CT molecular complexity index is 906. The van der Waals surface area contributed by atoms with Crippen molar-refractivity contribution in [3.8, 4) is 0 Å². The third-order valence-electron chi connectivity index (χ3n) is 6.66. The van der Waals surface area contributed by atoms with Crippen LogP contribution in [0.3, 0.4) is 0 Å². The molecule has 5 nitrogen and oxygen atoms in total. The lowest BCUT2D eigenvalue weighted by Gasteiger charge is -2.37. The maximum Gasteiger partial charge on any atom is 0.471 e. The molecule has 1 aromatic rings. The lowest BCUT2D eigenvalue weighted by Crippen LogP contribution is -2.49. The van der Waals surface area contributed by atoms with E-state index in [0.29, 0.717) is 16.7 Å². The van der Waals surface area contributed by atoms with Crippen LogP contribution in [0, 0.1) is 41.3 Å². The number of likely N-dealkylation sites (tertiary alicyclic amines) is 1. The third kappa shape index (κ3) is 2.63. The number of alkyl halides is 3. The van der Waals surface area contributed by atoms with Crippen molar-refractivity contribution in [3.63, 3.8) is 0 Å². The quantitative estimate of drug-likeness (QED) is 0.439. The van der Waals surface area contributed by atoms with Crippen LogP contribution in [0.5, 0.6) is 0 Å². The van der Waals surface area contributed by atoms with Crippen molar-refractivity contribution in [2.45, 2.75) is 12.6 Å². The predicted octanol–water partition coefficient (Wildman–Crippen LogP) is 2.73. The van der Waals surface area contributed by atoms with E-state index in [9.17, 15) is 31.9 Å². The highest BCUT2D eigenvalue weighted by atomic mass is 19.4. The summed E-state index contributed by atoms with van der Waals surface area (Å²) in [6.45, 7) is -0.844. The molecule has 0 N–H and O–H groups in total. The van der Waals surface area contributed by atoms with E-state index in [-0.39, 0.29) is 17.5 Å². The fourth-order valence-electron chi connectivity index (χ4n) is 5.34. The number of benzene rings is 1. The normalized spacial score (nSPS) is 34.3. The summed E-state index contributed by atoms with van der Waals surface area (Å²) in [6, 6.07) is 3.85. The highest BCUT2D eigenvalue weighted by Crippen LogP contribution is 2.65. The Morgan fingerprint density at radius 3 is 2.00 bits per heavy atom. The topological polar surface area (TPSA) is 57.7 Å². The second-order valence-corrected chi connectivity index (χ2v) is 8.11. The number of carbonyl (C=O) groups is 3. The second-order valence-electron chi connectivity index (χ2n) is 8.11. The summed E-state index contributed by atoms with van der Waals surface area (Å²) in [4.78, 5) is 39.1. The minimum absolute atomic E-state index is 0.0750. The first-order valence-electron chi connectivity index (χ1n) is 9.36. The van der Waals surface area contributed by atoms with Crippen LogP contribution in [0.2, 0.25) is 0 Å². The predicted molar refractivity (Wildman–Crippen MR) is 91.4 cm³/mol. The number of halogens is 4. The standard InChI is InChI=1S/C20H16F4N2O3/c21-9-1-3-10(4-2-9)25(19(29)20(22,23)24)8-26-17(27)15-11-5-6-12(14-7-13(11)14)16(15)18(26)28/h1-6,11-16H,7-8H2/t11-,12-,13-,14+,15-,16-/m1/s1. The fraction of sp³-hybridized carbons (Fsp3) is 0.450. The molecule has 1 saturated heterocycles. The molecule has 2 bridgehead atoms. The van der Waals surface area contributed by atoms with Crippen molar-refractivity contribution in [1.82, 2.24) is 4.90 Å². The zero-order chi connectivity index (χ0) is 20.7. The number of nitrogens with zero attached hydrogens (tertiary/aromatic N) is 2. The molecule has 4 aliphatic carbocycles. The maximum atomic E-state index is 13.2. The monoisotopic (exact) mass is 408 g/mol. The van der Waals surface area contributed by atoms with E-state index in [1.807, 2.05) is 12.2 Å². The Morgan fingerprint density at radius 1 is 1.00 bits per heavy atom. The van der Waals surface area contributed by atoms with E-state index in [2.05, 4.69) is 0 Å². The van der Waals surface area contributed by atoms with Gasteiger partial charge in [0.05, 0.1) is 11.8 Å². The van der Waals surface area contributed by atoms with Crippen molar-refractivity contribution in [2.75, 3.05) is 11.6 Å². The summed E-state index contributed by atoms with van der Waals surface area (Å²) in [6.07, 6.45) is -0.347. The summed E-state index contributed by atoms with van der Waals surface area (Å²) >= 11 is 0. The first-order valence-corrected chi connectivity index (χ1v) is 9.36. The molecule has 29 heavy (non-hydrogen) atoms. The second kappa shape index (κ2) is 5.90. The summed E-state index contributed by atoms with van der Waals surface area (Å²) in [5.41, 5.74) is -0.242. The van der Waals surface area contributed by atoms with Gasteiger partial charge in [0.2, 0.25) is 11.8 Å². The van der Waals surface area contributed by atoms with Gasteiger partial charge < -0.3 is 0 Å². The Balaban J connectivity index is 1.46. The van der Waals surface area contributed by atoms with Gasteiger partial charge in [-0.05, 0) is 54.4 Å². The van der Waals surface area contributed by atoms with Gasteiger partial charge in [-0.25, -0.2) is 4.39 Å². The number of rotatable bonds is 3. The molecule has 9 heteroatoms. The number of hydrogen-bond acceptors (Lipinski definition) is 3. The largest absolute Gasteiger partial charge is 0.471 e. The van der Waals surface area contributed by atoms with E-state index in [4.69, 9.17) is 0 Å². The van der Waals surface area contributed by atoms with Crippen molar-refractivity contribution in [1.29, 1.82) is 0 Å². The average molecular weight is 408 g/mol. The van der Waals surface area contributed by atoms with E-state index in [1.165, 1.54) is 0 Å². The molecular formula is C20H16F4N2O3. The lowest BCUT2D eigenvalue weighted by molar-refractivity contribution is -0.171. The number of anilines is 1. The Hall–Kier alpha value is -2.71. The summed E-state index contributed by atoms with van der Waals surface area (Å²) in [7, 11) is 0. The van der Waals surface area contributed by atoms with Crippen LogP contribution in [0.1, 0.15) is 6.42 Å². The van der Waals surface area contributed by atoms with Crippen molar-refractivity contribution >= 4 is 23.4 Å². The Kier molecular flexibility index (Phi) is 3.73. The molecule has 6 atom stereocenters. The van der Waals surface area contributed by atoms with Gasteiger partial charge in [0.1, 0.15) is 12.5 Å². The SMILES string of the molecule is O=C1[C@@H]2[C@@H]3C=C[C@H]([C@@H]4C[C@H]34)[C@H]2C(=O)N1CN(C(=O)C(F)(F)F)c1ccc(F)cc1.